The van der Waals surface area contributed by atoms with E-state index in [4.69, 9.17) is 10.5 Å². The average Bonchev–Trinajstić information content (AvgIpc) is 2.75. The van der Waals surface area contributed by atoms with Crippen molar-refractivity contribution in [3.63, 3.8) is 0 Å². The average molecular weight is 262 g/mol. The first-order chi connectivity index (χ1) is 8.58. The monoisotopic (exact) mass is 262 g/mol. The normalized spacial score (nSPS) is 10.1. The van der Waals surface area contributed by atoms with Crippen molar-refractivity contribution >= 4 is 28.2 Å². The number of para-hydroxylation sites is 1. The molecule has 0 radical (unpaired) electrons. The van der Waals surface area contributed by atoms with Crippen LogP contribution in [0, 0.1) is 0 Å². The van der Waals surface area contributed by atoms with Gasteiger partial charge in [0.1, 0.15) is 11.4 Å². The molecule has 2 aromatic rings. The van der Waals surface area contributed by atoms with Crippen molar-refractivity contribution in [2.75, 3.05) is 5.73 Å². The van der Waals surface area contributed by atoms with Crippen LogP contribution in [0.15, 0.2) is 29.6 Å². The van der Waals surface area contributed by atoms with Crippen LogP contribution >= 0.6 is 11.3 Å². The second kappa shape index (κ2) is 4.97. The lowest BCUT2D eigenvalue weighted by Gasteiger charge is -2.06. The number of benzene rings is 1. The van der Waals surface area contributed by atoms with Gasteiger partial charge in [-0.3, -0.25) is 9.59 Å². The quantitative estimate of drug-likeness (QED) is 0.519. The molecule has 0 amide bonds. The molecule has 5 nitrogen and oxygen atoms in total. The van der Waals surface area contributed by atoms with Crippen LogP contribution in [0.4, 0.5) is 5.13 Å². The molecule has 92 valence electrons. The largest absolute Gasteiger partial charge is 0.426 e. The van der Waals surface area contributed by atoms with Crippen LogP contribution in [-0.4, -0.2) is 16.7 Å². The Bertz CT molecular complexity index is 607. The van der Waals surface area contributed by atoms with Gasteiger partial charge in [0.2, 0.25) is 5.78 Å². The molecule has 0 fully saturated rings. The number of nitrogens with two attached hydrogens (primary N) is 1. The smallest absolute Gasteiger partial charge is 0.308 e. The van der Waals surface area contributed by atoms with E-state index < -0.39 is 5.97 Å². The number of hydrogen-bond acceptors (Lipinski definition) is 6. The summed E-state index contributed by atoms with van der Waals surface area (Å²) >= 11 is 1.19. The van der Waals surface area contributed by atoms with Crippen molar-refractivity contribution < 1.29 is 14.3 Å². The third kappa shape index (κ3) is 2.54. The molecule has 0 aliphatic rings. The second-order valence-corrected chi connectivity index (χ2v) is 4.38. The Morgan fingerprint density at radius 3 is 2.67 bits per heavy atom. The number of hydrogen-bond donors (Lipinski definition) is 1. The number of carbonyl (C=O) groups excluding carboxylic acids is 2. The molecule has 1 heterocycles. The highest BCUT2D eigenvalue weighted by Crippen LogP contribution is 2.23. The molecule has 0 unspecified atom stereocenters. The highest BCUT2D eigenvalue weighted by atomic mass is 32.1. The molecular formula is C12H10N2O3S. The lowest BCUT2D eigenvalue weighted by atomic mass is 10.1. The lowest BCUT2D eigenvalue weighted by Crippen LogP contribution is -2.08. The van der Waals surface area contributed by atoms with E-state index in [2.05, 4.69) is 4.98 Å². The minimum atomic E-state index is -0.479. The molecule has 0 aliphatic heterocycles. The first-order valence-electron chi connectivity index (χ1n) is 5.11. The van der Waals surface area contributed by atoms with E-state index in [1.54, 1.807) is 29.6 Å². The maximum atomic E-state index is 12.2. The molecule has 0 saturated heterocycles. The fourth-order valence-corrected chi connectivity index (χ4v) is 1.97. The lowest BCUT2D eigenvalue weighted by molar-refractivity contribution is -0.131. The zero-order valence-corrected chi connectivity index (χ0v) is 10.4. The maximum absolute atomic E-state index is 12.2. The highest BCUT2D eigenvalue weighted by molar-refractivity contribution is 7.13. The van der Waals surface area contributed by atoms with Crippen molar-refractivity contribution in [2.45, 2.75) is 6.92 Å². The SMILES string of the molecule is CC(=O)Oc1ccccc1C(=O)c1csc(N)n1. The molecular weight excluding hydrogens is 252 g/mol. The maximum Gasteiger partial charge on any atom is 0.308 e. The van der Waals surface area contributed by atoms with E-state index in [9.17, 15) is 9.59 Å². The van der Waals surface area contributed by atoms with Gasteiger partial charge in [-0.2, -0.15) is 0 Å². The second-order valence-electron chi connectivity index (χ2n) is 3.49. The Morgan fingerprint density at radius 2 is 2.06 bits per heavy atom. The number of aromatic nitrogens is 1. The number of carbonyl (C=O) groups is 2. The van der Waals surface area contributed by atoms with Gasteiger partial charge in [-0.15, -0.1) is 11.3 Å². The Kier molecular flexibility index (Phi) is 3.38. The van der Waals surface area contributed by atoms with E-state index in [1.807, 2.05) is 0 Å². The van der Waals surface area contributed by atoms with E-state index >= 15 is 0 Å². The van der Waals surface area contributed by atoms with Crippen molar-refractivity contribution in [3.05, 3.63) is 40.9 Å². The Hall–Kier alpha value is -2.21. The zero-order chi connectivity index (χ0) is 13.1. The van der Waals surface area contributed by atoms with Crippen LogP contribution in [0.25, 0.3) is 0 Å². The first kappa shape index (κ1) is 12.3. The van der Waals surface area contributed by atoms with E-state index in [0.717, 1.165) is 0 Å². The van der Waals surface area contributed by atoms with Crippen molar-refractivity contribution in [3.8, 4) is 5.75 Å². The van der Waals surface area contributed by atoms with Crippen molar-refractivity contribution in [2.24, 2.45) is 0 Å². The molecule has 18 heavy (non-hydrogen) atoms. The van der Waals surface area contributed by atoms with Gasteiger partial charge < -0.3 is 10.5 Å². The number of rotatable bonds is 3. The van der Waals surface area contributed by atoms with Crippen LogP contribution in [0.3, 0.4) is 0 Å². The third-order valence-electron chi connectivity index (χ3n) is 2.14. The molecule has 0 bridgehead atoms. The summed E-state index contributed by atoms with van der Waals surface area (Å²) in [7, 11) is 0. The number of anilines is 1. The van der Waals surface area contributed by atoms with Gasteiger partial charge in [-0.25, -0.2) is 4.98 Å². The number of esters is 1. The Labute approximate surface area is 107 Å². The minimum absolute atomic E-state index is 0.224. The minimum Gasteiger partial charge on any atom is -0.426 e. The fraction of sp³-hybridized carbons (Fsp3) is 0.0833. The topological polar surface area (TPSA) is 82.3 Å². The third-order valence-corrected chi connectivity index (χ3v) is 2.81. The van der Waals surface area contributed by atoms with Crippen LogP contribution in [0.2, 0.25) is 0 Å². The van der Waals surface area contributed by atoms with Gasteiger partial charge >= 0.3 is 5.97 Å². The number of nitrogen functional groups attached to an aromatic ring is 1. The van der Waals surface area contributed by atoms with Crippen LogP contribution in [-0.2, 0) is 4.79 Å². The van der Waals surface area contributed by atoms with Gasteiger partial charge in [-0.1, -0.05) is 12.1 Å². The van der Waals surface area contributed by atoms with Gasteiger partial charge in [0.05, 0.1) is 5.56 Å². The molecule has 0 spiro atoms. The summed E-state index contributed by atoms with van der Waals surface area (Å²) in [5.74, 6) is -0.575. The van der Waals surface area contributed by atoms with E-state index in [-0.39, 0.29) is 22.8 Å². The number of ether oxygens (including phenoxy) is 1. The summed E-state index contributed by atoms with van der Waals surface area (Å²) in [6, 6.07) is 6.51. The molecule has 2 rings (SSSR count). The Balaban J connectivity index is 2.38. The van der Waals surface area contributed by atoms with Gasteiger partial charge in [-0.05, 0) is 12.1 Å². The first-order valence-corrected chi connectivity index (χ1v) is 5.99. The Morgan fingerprint density at radius 1 is 1.33 bits per heavy atom. The van der Waals surface area contributed by atoms with Crippen LogP contribution in [0.5, 0.6) is 5.75 Å². The summed E-state index contributed by atoms with van der Waals surface area (Å²) < 4.78 is 4.98. The molecule has 0 saturated carbocycles. The number of nitrogens with zero attached hydrogens (tertiary/aromatic N) is 1. The summed E-state index contributed by atoms with van der Waals surface area (Å²) in [6.07, 6.45) is 0. The van der Waals surface area contributed by atoms with Crippen molar-refractivity contribution in [1.29, 1.82) is 0 Å². The van der Waals surface area contributed by atoms with E-state index in [0.29, 0.717) is 5.13 Å². The van der Waals surface area contributed by atoms with Crippen LogP contribution in [0.1, 0.15) is 23.0 Å². The molecule has 0 aliphatic carbocycles. The standard InChI is InChI=1S/C12H10N2O3S/c1-7(15)17-10-5-3-2-4-8(10)11(16)9-6-18-12(13)14-9/h2-6H,1H3,(H2,13,14). The van der Waals surface area contributed by atoms with Crippen LogP contribution < -0.4 is 10.5 Å². The van der Waals surface area contributed by atoms with Gasteiger partial charge in [0.15, 0.2) is 5.13 Å². The molecule has 2 N–H and O–H groups in total. The summed E-state index contributed by atoms with van der Waals surface area (Å²) in [4.78, 5) is 27.0. The molecule has 6 heteroatoms. The van der Waals surface area contributed by atoms with Gasteiger partial charge in [0.25, 0.3) is 0 Å². The predicted octanol–water partition coefficient (Wildman–Crippen LogP) is 1.88. The van der Waals surface area contributed by atoms with E-state index in [1.165, 1.54) is 18.3 Å². The fourth-order valence-electron chi connectivity index (χ4n) is 1.43. The van der Waals surface area contributed by atoms with Gasteiger partial charge in [0, 0.05) is 12.3 Å². The zero-order valence-electron chi connectivity index (χ0n) is 9.54. The number of thiazole rings is 1. The van der Waals surface area contributed by atoms with Crippen molar-refractivity contribution in [1.82, 2.24) is 4.98 Å². The highest BCUT2D eigenvalue weighted by Gasteiger charge is 2.17. The molecule has 0 atom stereocenters. The summed E-state index contributed by atoms with van der Waals surface area (Å²) in [5.41, 5.74) is 6.02. The molecule has 1 aromatic carbocycles. The number of ketones is 1. The molecule has 1 aromatic heterocycles. The summed E-state index contributed by atoms with van der Waals surface area (Å²) in [5, 5.41) is 1.89. The predicted molar refractivity (Wildman–Crippen MR) is 67.7 cm³/mol. The summed E-state index contributed by atoms with van der Waals surface area (Å²) in [6.45, 7) is 1.28.